The van der Waals surface area contributed by atoms with E-state index < -0.39 is 0 Å². The first-order chi connectivity index (χ1) is 8.20. The molecule has 0 saturated heterocycles. The van der Waals surface area contributed by atoms with E-state index in [2.05, 4.69) is 30.9 Å². The van der Waals surface area contributed by atoms with Gasteiger partial charge in [-0.1, -0.05) is 19.3 Å². The van der Waals surface area contributed by atoms with Crippen LogP contribution in [0.15, 0.2) is 0 Å². The first-order valence-corrected chi connectivity index (χ1v) is 6.73. The summed E-state index contributed by atoms with van der Waals surface area (Å²) < 4.78 is 0. The summed E-state index contributed by atoms with van der Waals surface area (Å²) in [5, 5.41) is 18.0. The van der Waals surface area contributed by atoms with Crippen LogP contribution in [0.4, 0.5) is 0 Å². The minimum absolute atomic E-state index is 0.151. The molecule has 0 aromatic heterocycles. The molecular formula is C14H23N3. The molecule has 0 aromatic rings. The Kier molecular flexibility index (Phi) is 6.01. The van der Waals surface area contributed by atoms with Crippen LogP contribution in [0.2, 0.25) is 0 Å². The van der Waals surface area contributed by atoms with Gasteiger partial charge in [-0.2, -0.15) is 10.5 Å². The molecule has 2 atom stereocenters. The van der Waals surface area contributed by atoms with Crippen LogP contribution in [0, 0.1) is 28.6 Å². The lowest BCUT2D eigenvalue weighted by Crippen LogP contribution is -2.44. The fourth-order valence-corrected chi connectivity index (χ4v) is 2.82. The number of hydrogen-bond donors (Lipinski definition) is 0. The maximum Gasteiger partial charge on any atom is 0.0672 e. The van der Waals surface area contributed by atoms with Gasteiger partial charge >= 0.3 is 0 Å². The Hall–Kier alpha value is -1.06. The van der Waals surface area contributed by atoms with Crippen LogP contribution in [0.25, 0.3) is 0 Å². The lowest BCUT2D eigenvalue weighted by molar-refractivity contribution is 0.120. The van der Waals surface area contributed by atoms with Crippen LogP contribution >= 0.6 is 0 Å². The lowest BCUT2D eigenvalue weighted by atomic mass is 9.93. The molecule has 94 valence electrons. The Labute approximate surface area is 105 Å². The molecule has 0 heterocycles. The summed E-state index contributed by atoms with van der Waals surface area (Å²) in [5.74, 6) is 0.151. The highest BCUT2D eigenvalue weighted by Gasteiger charge is 2.29. The predicted octanol–water partition coefficient (Wildman–Crippen LogP) is 3.08. The third-order valence-electron chi connectivity index (χ3n) is 3.72. The van der Waals surface area contributed by atoms with Crippen molar-refractivity contribution >= 4 is 0 Å². The number of nitrogens with zero attached hydrogens (tertiary/aromatic N) is 3. The Morgan fingerprint density at radius 1 is 1.18 bits per heavy atom. The molecular weight excluding hydrogens is 210 g/mol. The van der Waals surface area contributed by atoms with Crippen molar-refractivity contribution in [2.75, 3.05) is 6.54 Å². The topological polar surface area (TPSA) is 50.8 Å². The molecule has 1 fully saturated rings. The molecule has 2 unspecified atom stereocenters. The SMILES string of the molecule is CC(C)N(CCC#N)C1CCCCCC1C#N. The van der Waals surface area contributed by atoms with Crippen molar-refractivity contribution in [1.82, 2.24) is 4.90 Å². The zero-order chi connectivity index (χ0) is 12.7. The largest absolute Gasteiger partial charge is 0.296 e. The zero-order valence-electron chi connectivity index (χ0n) is 11.0. The van der Waals surface area contributed by atoms with Crippen LogP contribution in [-0.2, 0) is 0 Å². The van der Waals surface area contributed by atoms with Gasteiger partial charge in [-0.15, -0.1) is 0 Å². The van der Waals surface area contributed by atoms with E-state index in [0.29, 0.717) is 18.5 Å². The quantitative estimate of drug-likeness (QED) is 0.701. The van der Waals surface area contributed by atoms with Gasteiger partial charge in [0.15, 0.2) is 0 Å². The van der Waals surface area contributed by atoms with Crippen molar-refractivity contribution in [1.29, 1.82) is 10.5 Å². The van der Waals surface area contributed by atoms with E-state index in [9.17, 15) is 5.26 Å². The van der Waals surface area contributed by atoms with Crippen molar-refractivity contribution in [3.8, 4) is 12.1 Å². The molecule has 3 heteroatoms. The predicted molar refractivity (Wildman–Crippen MR) is 68.0 cm³/mol. The molecule has 0 amide bonds. The van der Waals surface area contributed by atoms with Crippen molar-refractivity contribution in [2.45, 2.75) is 64.5 Å². The first kappa shape index (κ1) is 14.0. The highest BCUT2D eigenvalue weighted by molar-refractivity contribution is 4.96. The number of nitriles is 2. The Bertz CT molecular complexity index is 298. The maximum atomic E-state index is 9.30. The lowest BCUT2D eigenvalue weighted by Gasteiger charge is -2.36. The average molecular weight is 233 g/mol. The molecule has 0 N–H and O–H groups in total. The van der Waals surface area contributed by atoms with Gasteiger partial charge in [0.25, 0.3) is 0 Å². The van der Waals surface area contributed by atoms with Crippen molar-refractivity contribution < 1.29 is 0 Å². The van der Waals surface area contributed by atoms with Crippen molar-refractivity contribution in [3.05, 3.63) is 0 Å². The summed E-state index contributed by atoms with van der Waals surface area (Å²) in [4.78, 5) is 2.36. The molecule has 1 aliphatic rings. The van der Waals surface area contributed by atoms with E-state index >= 15 is 0 Å². The Balaban J connectivity index is 2.74. The second-order valence-electron chi connectivity index (χ2n) is 5.18. The fraction of sp³-hybridized carbons (Fsp3) is 0.857. The smallest absolute Gasteiger partial charge is 0.0672 e. The second kappa shape index (κ2) is 7.30. The van der Waals surface area contributed by atoms with Gasteiger partial charge in [-0.25, -0.2) is 0 Å². The summed E-state index contributed by atoms with van der Waals surface area (Å²) in [5.41, 5.74) is 0. The standard InChI is InChI=1S/C14H23N3/c1-12(2)17(10-6-9-15)14-8-5-3-4-7-13(14)11-16/h12-14H,3-8,10H2,1-2H3. The summed E-state index contributed by atoms with van der Waals surface area (Å²) in [6, 6.07) is 5.47. The minimum atomic E-state index is 0.151. The van der Waals surface area contributed by atoms with E-state index in [1.54, 1.807) is 0 Å². The third-order valence-corrected chi connectivity index (χ3v) is 3.72. The highest BCUT2D eigenvalue weighted by Crippen LogP contribution is 2.28. The molecule has 1 saturated carbocycles. The van der Waals surface area contributed by atoms with Crippen LogP contribution in [0.1, 0.15) is 52.4 Å². The number of hydrogen-bond acceptors (Lipinski definition) is 3. The van der Waals surface area contributed by atoms with Gasteiger partial charge in [-0.3, -0.25) is 4.90 Å². The molecule has 0 radical (unpaired) electrons. The van der Waals surface area contributed by atoms with Crippen molar-refractivity contribution in [2.24, 2.45) is 5.92 Å². The van der Waals surface area contributed by atoms with E-state index in [4.69, 9.17) is 5.26 Å². The summed E-state index contributed by atoms with van der Waals surface area (Å²) in [6.07, 6.45) is 6.35. The molecule has 0 bridgehead atoms. The maximum absolute atomic E-state index is 9.30. The highest BCUT2D eigenvalue weighted by atomic mass is 15.2. The third kappa shape index (κ3) is 4.02. The van der Waals surface area contributed by atoms with Gasteiger partial charge in [0.05, 0.1) is 18.1 Å². The normalized spacial score (nSPS) is 25.3. The summed E-state index contributed by atoms with van der Waals surface area (Å²) >= 11 is 0. The number of rotatable bonds is 4. The fourth-order valence-electron chi connectivity index (χ4n) is 2.82. The van der Waals surface area contributed by atoms with E-state index in [0.717, 1.165) is 19.4 Å². The molecule has 0 aromatic carbocycles. The summed E-state index contributed by atoms with van der Waals surface area (Å²) in [6.45, 7) is 5.13. The second-order valence-corrected chi connectivity index (χ2v) is 5.18. The van der Waals surface area contributed by atoms with E-state index in [1.807, 2.05) is 0 Å². The van der Waals surface area contributed by atoms with Gasteiger partial charge < -0.3 is 0 Å². The van der Waals surface area contributed by atoms with Crippen LogP contribution in [-0.4, -0.2) is 23.5 Å². The summed E-state index contributed by atoms with van der Waals surface area (Å²) in [7, 11) is 0. The van der Waals surface area contributed by atoms with E-state index in [-0.39, 0.29) is 5.92 Å². The Morgan fingerprint density at radius 3 is 2.47 bits per heavy atom. The molecule has 1 aliphatic carbocycles. The minimum Gasteiger partial charge on any atom is -0.296 e. The van der Waals surface area contributed by atoms with Crippen LogP contribution < -0.4 is 0 Å². The Morgan fingerprint density at radius 2 is 1.88 bits per heavy atom. The van der Waals surface area contributed by atoms with Gasteiger partial charge in [0.1, 0.15) is 0 Å². The molecule has 0 aliphatic heterocycles. The van der Waals surface area contributed by atoms with E-state index in [1.165, 1.54) is 19.3 Å². The molecule has 0 spiro atoms. The van der Waals surface area contributed by atoms with Gasteiger partial charge in [0, 0.05) is 25.0 Å². The monoisotopic (exact) mass is 233 g/mol. The van der Waals surface area contributed by atoms with Crippen LogP contribution in [0.3, 0.4) is 0 Å². The van der Waals surface area contributed by atoms with Crippen LogP contribution in [0.5, 0.6) is 0 Å². The van der Waals surface area contributed by atoms with Gasteiger partial charge in [-0.05, 0) is 26.7 Å². The average Bonchev–Trinajstić information content (AvgIpc) is 2.54. The zero-order valence-corrected chi connectivity index (χ0v) is 11.0. The molecule has 17 heavy (non-hydrogen) atoms. The van der Waals surface area contributed by atoms with Gasteiger partial charge in [0.2, 0.25) is 0 Å². The van der Waals surface area contributed by atoms with Crippen molar-refractivity contribution in [3.63, 3.8) is 0 Å². The molecule has 3 nitrogen and oxygen atoms in total. The first-order valence-electron chi connectivity index (χ1n) is 6.73. The molecule has 1 rings (SSSR count).